The molecule has 60 valence electrons. The Hall–Kier alpha value is -0.760. The summed E-state index contributed by atoms with van der Waals surface area (Å²) in [6.45, 7) is 0. The number of hydrogen-bond acceptors (Lipinski definition) is 2. The SMILES string of the molecule is Cl.c1cncc(OC2CC2)c1. The van der Waals surface area contributed by atoms with Gasteiger partial charge in [0, 0.05) is 6.20 Å². The second kappa shape index (κ2) is 3.58. The van der Waals surface area contributed by atoms with Crippen molar-refractivity contribution < 1.29 is 4.74 Å². The lowest BCUT2D eigenvalue weighted by molar-refractivity contribution is 0.302. The second-order valence-electron chi connectivity index (χ2n) is 2.51. The van der Waals surface area contributed by atoms with Crippen molar-refractivity contribution in [2.24, 2.45) is 0 Å². The molecule has 0 saturated heterocycles. The van der Waals surface area contributed by atoms with Gasteiger partial charge in [-0.1, -0.05) is 0 Å². The minimum atomic E-state index is 0. The summed E-state index contributed by atoms with van der Waals surface area (Å²) in [6, 6.07) is 3.82. The highest BCUT2D eigenvalue weighted by atomic mass is 35.5. The van der Waals surface area contributed by atoms with Crippen LogP contribution < -0.4 is 4.74 Å². The van der Waals surface area contributed by atoms with Crippen LogP contribution in [0, 0.1) is 0 Å². The molecule has 0 N–H and O–H groups in total. The molecule has 11 heavy (non-hydrogen) atoms. The van der Waals surface area contributed by atoms with Gasteiger partial charge in [-0.2, -0.15) is 0 Å². The van der Waals surface area contributed by atoms with Crippen molar-refractivity contribution >= 4 is 12.4 Å². The van der Waals surface area contributed by atoms with Gasteiger partial charge in [0.1, 0.15) is 5.75 Å². The van der Waals surface area contributed by atoms with E-state index in [0.717, 1.165) is 5.75 Å². The molecule has 0 spiro atoms. The molecule has 1 fully saturated rings. The maximum atomic E-state index is 5.46. The maximum Gasteiger partial charge on any atom is 0.137 e. The van der Waals surface area contributed by atoms with Crippen LogP contribution in [-0.2, 0) is 0 Å². The van der Waals surface area contributed by atoms with Crippen LogP contribution in [0.4, 0.5) is 0 Å². The molecule has 1 saturated carbocycles. The van der Waals surface area contributed by atoms with Crippen LogP contribution in [0.3, 0.4) is 0 Å². The molecule has 1 aliphatic carbocycles. The van der Waals surface area contributed by atoms with E-state index < -0.39 is 0 Å². The van der Waals surface area contributed by atoms with Crippen molar-refractivity contribution in [3.8, 4) is 5.75 Å². The van der Waals surface area contributed by atoms with Gasteiger partial charge in [-0.15, -0.1) is 12.4 Å². The molecule has 2 nitrogen and oxygen atoms in total. The molecule has 1 heterocycles. The van der Waals surface area contributed by atoms with Crippen LogP contribution in [0.25, 0.3) is 0 Å². The Kier molecular flexibility index (Phi) is 2.71. The molecule has 1 aromatic heterocycles. The topological polar surface area (TPSA) is 22.1 Å². The predicted octanol–water partition coefficient (Wildman–Crippen LogP) is 2.04. The Morgan fingerprint density at radius 3 is 2.82 bits per heavy atom. The van der Waals surface area contributed by atoms with Crippen LogP contribution >= 0.6 is 12.4 Å². The van der Waals surface area contributed by atoms with Gasteiger partial charge in [-0.3, -0.25) is 4.98 Å². The van der Waals surface area contributed by atoms with Gasteiger partial charge in [-0.05, 0) is 25.0 Å². The van der Waals surface area contributed by atoms with Crippen molar-refractivity contribution in [1.82, 2.24) is 4.98 Å². The molecule has 0 amide bonds. The van der Waals surface area contributed by atoms with Gasteiger partial charge in [0.05, 0.1) is 12.3 Å². The highest BCUT2D eigenvalue weighted by Gasteiger charge is 2.23. The van der Waals surface area contributed by atoms with E-state index in [-0.39, 0.29) is 12.4 Å². The summed E-state index contributed by atoms with van der Waals surface area (Å²) in [5.74, 6) is 0.894. The second-order valence-corrected chi connectivity index (χ2v) is 2.51. The largest absolute Gasteiger partial charge is 0.489 e. The first kappa shape index (κ1) is 8.34. The van der Waals surface area contributed by atoms with E-state index in [9.17, 15) is 0 Å². The van der Waals surface area contributed by atoms with Crippen LogP contribution in [0.5, 0.6) is 5.75 Å². The average Bonchev–Trinajstić information content (AvgIpc) is 2.74. The summed E-state index contributed by atoms with van der Waals surface area (Å²) >= 11 is 0. The number of hydrogen-bond donors (Lipinski definition) is 0. The fourth-order valence-electron chi connectivity index (χ4n) is 0.795. The van der Waals surface area contributed by atoms with Crippen molar-refractivity contribution in [3.05, 3.63) is 24.5 Å². The molecule has 0 radical (unpaired) electrons. The van der Waals surface area contributed by atoms with E-state index in [1.165, 1.54) is 12.8 Å². The fraction of sp³-hybridized carbons (Fsp3) is 0.375. The normalized spacial score (nSPS) is 15.3. The monoisotopic (exact) mass is 171 g/mol. The molecule has 0 unspecified atom stereocenters. The number of rotatable bonds is 2. The molecular formula is C8H10ClNO. The van der Waals surface area contributed by atoms with Gasteiger partial charge in [0.25, 0.3) is 0 Å². The number of nitrogens with zero attached hydrogens (tertiary/aromatic N) is 1. The summed E-state index contributed by atoms with van der Waals surface area (Å²) in [5.41, 5.74) is 0. The summed E-state index contributed by atoms with van der Waals surface area (Å²) in [5, 5.41) is 0. The van der Waals surface area contributed by atoms with Crippen LogP contribution in [0.1, 0.15) is 12.8 Å². The smallest absolute Gasteiger partial charge is 0.137 e. The van der Waals surface area contributed by atoms with Gasteiger partial charge in [0.2, 0.25) is 0 Å². The Morgan fingerprint density at radius 1 is 1.45 bits per heavy atom. The van der Waals surface area contributed by atoms with E-state index in [0.29, 0.717) is 6.10 Å². The van der Waals surface area contributed by atoms with E-state index in [1.807, 2.05) is 12.1 Å². The standard InChI is InChI=1S/C8H9NO.ClH/c1-2-8(6-9-5-1)10-7-3-4-7;/h1-2,5-7H,3-4H2;1H. The minimum absolute atomic E-state index is 0. The Morgan fingerprint density at radius 2 is 2.27 bits per heavy atom. The van der Waals surface area contributed by atoms with E-state index in [2.05, 4.69) is 4.98 Å². The maximum absolute atomic E-state index is 5.46. The summed E-state index contributed by atoms with van der Waals surface area (Å²) in [4.78, 5) is 3.94. The summed E-state index contributed by atoms with van der Waals surface area (Å²) < 4.78 is 5.46. The lowest BCUT2D eigenvalue weighted by Gasteiger charge is -2.00. The van der Waals surface area contributed by atoms with Gasteiger partial charge < -0.3 is 4.74 Å². The Bertz CT molecular complexity index is 211. The zero-order valence-corrected chi connectivity index (χ0v) is 6.88. The molecule has 2 rings (SSSR count). The van der Waals surface area contributed by atoms with Crippen molar-refractivity contribution in [1.29, 1.82) is 0 Å². The van der Waals surface area contributed by atoms with Gasteiger partial charge in [-0.25, -0.2) is 0 Å². The third-order valence-electron chi connectivity index (χ3n) is 1.46. The van der Waals surface area contributed by atoms with E-state index in [1.54, 1.807) is 12.4 Å². The minimum Gasteiger partial charge on any atom is -0.489 e. The predicted molar refractivity (Wildman–Crippen MR) is 45.1 cm³/mol. The first-order valence-electron chi connectivity index (χ1n) is 3.52. The average molecular weight is 172 g/mol. The van der Waals surface area contributed by atoms with Crippen molar-refractivity contribution in [3.63, 3.8) is 0 Å². The Labute approximate surface area is 72.0 Å². The summed E-state index contributed by atoms with van der Waals surface area (Å²) in [7, 11) is 0. The summed E-state index contributed by atoms with van der Waals surface area (Å²) in [6.07, 6.45) is 6.38. The number of pyridine rings is 1. The van der Waals surface area contributed by atoms with E-state index in [4.69, 9.17) is 4.74 Å². The quantitative estimate of drug-likeness (QED) is 0.680. The Balaban J connectivity index is 0.000000605. The number of ether oxygens (including phenoxy) is 1. The molecule has 1 aromatic rings. The molecule has 0 aromatic carbocycles. The first-order valence-corrected chi connectivity index (χ1v) is 3.52. The molecule has 0 aliphatic heterocycles. The zero-order valence-electron chi connectivity index (χ0n) is 6.06. The molecule has 1 aliphatic rings. The zero-order chi connectivity index (χ0) is 6.81. The third kappa shape index (κ3) is 2.39. The van der Waals surface area contributed by atoms with Gasteiger partial charge in [0.15, 0.2) is 0 Å². The highest BCUT2D eigenvalue weighted by Crippen LogP contribution is 2.25. The van der Waals surface area contributed by atoms with Crippen LogP contribution in [-0.4, -0.2) is 11.1 Å². The molecule has 0 atom stereocenters. The number of aromatic nitrogens is 1. The number of halogens is 1. The molecule has 3 heteroatoms. The van der Waals surface area contributed by atoms with Crippen molar-refractivity contribution in [2.45, 2.75) is 18.9 Å². The van der Waals surface area contributed by atoms with Crippen LogP contribution in [0.15, 0.2) is 24.5 Å². The van der Waals surface area contributed by atoms with E-state index >= 15 is 0 Å². The third-order valence-corrected chi connectivity index (χ3v) is 1.46. The van der Waals surface area contributed by atoms with Gasteiger partial charge >= 0.3 is 0 Å². The fourth-order valence-corrected chi connectivity index (χ4v) is 0.795. The lowest BCUT2D eigenvalue weighted by atomic mass is 10.5. The first-order chi connectivity index (χ1) is 4.95. The highest BCUT2D eigenvalue weighted by molar-refractivity contribution is 5.85. The molecular weight excluding hydrogens is 162 g/mol. The molecule has 0 bridgehead atoms. The lowest BCUT2D eigenvalue weighted by Crippen LogP contribution is -1.95. The van der Waals surface area contributed by atoms with Crippen molar-refractivity contribution in [2.75, 3.05) is 0 Å². The van der Waals surface area contributed by atoms with Crippen LogP contribution in [0.2, 0.25) is 0 Å².